The highest BCUT2D eigenvalue weighted by molar-refractivity contribution is 7.89. The lowest BCUT2D eigenvalue weighted by molar-refractivity contribution is -0.129. The maximum absolute atomic E-state index is 13.8. The highest BCUT2D eigenvalue weighted by atomic mass is 32.2. The van der Waals surface area contributed by atoms with Crippen LogP contribution in [0.5, 0.6) is 5.75 Å². The van der Waals surface area contributed by atoms with Crippen LogP contribution in [0.2, 0.25) is 0 Å². The number of ether oxygens (including phenoxy) is 1. The summed E-state index contributed by atoms with van der Waals surface area (Å²) in [6, 6.07) is 10.0. The van der Waals surface area contributed by atoms with Crippen molar-refractivity contribution in [2.24, 2.45) is 5.92 Å². The van der Waals surface area contributed by atoms with Crippen LogP contribution in [0.25, 0.3) is 11.1 Å². The summed E-state index contributed by atoms with van der Waals surface area (Å²) in [5.74, 6) is -0.674. The minimum absolute atomic E-state index is 0.0275. The molecule has 2 aromatic carbocycles. The third-order valence-corrected chi connectivity index (χ3v) is 7.84. The van der Waals surface area contributed by atoms with E-state index in [1.807, 2.05) is 6.92 Å². The molecule has 2 aromatic rings. The van der Waals surface area contributed by atoms with Crippen LogP contribution in [-0.2, 0) is 14.8 Å². The third kappa shape index (κ3) is 4.95. The summed E-state index contributed by atoms with van der Waals surface area (Å²) in [6.45, 7) is 5.01. The summed E-state index contributed by atoms with van der Waals surface area (Å²) < 4.78 is 48.2. The standard InChI is InChI=1S/C23H29FN2O5S/c1-15-12-26(16(2)14-27)32(29,30)23-9-8-19(18-6-5-7-20(24)10-18)11-21(23)31-22(15)13-25(4)17(3)28/h5-11,15-16,22,27H,12-14H2,1-4H3/t15-,16+,22-/m0/s1. The number of benzene rings is 2. The monoisotopic (exact) mass is 464 g/mol. The first kappa shape index (κ1) is 24.2. The Morgan fingerprint density at radius 1 is 1.28 bits per heavy atom. The van der Waals surface area contributed by atoms with E-state index in [-0.39, 0.29) is 42.2 Å². The number of likely N-dealkylation sites (N-methyl/N-ethyl adjacent to an activating group) is 1. The van der Waals surface area contributed by atoms with Crippen LogP contribution >= 0.6 is 0 Å². The van der Waals surface area contributed by atoms with E-state index in [0.717, 1.165) is 0 Å². The zero-order valence-electron chi connectivity index (χ0n) is 18.7. The van der Waals surface area contributed by atoms with Gasteiger partial charge in [0.15, 0.2) is 0 Å². The number of sulfonamides is 1. The van der Waals surface area contributed by atoms with Crippen molar-refractivity contribution in [1.29, 1.82) is 0 Å². The van der Waals surface area contributed by atoms with Crippen LogP contribution < -0.4 is 4.74 Å². The Hall–Kier alpha value is -2.49. The molecule has 3 rings (SSSR count). The molecular weight excluding hydrogens is 435 g/mol. The molecule has 1 aliphatic heterocycles. The van der Waals surface area contributed by atoms with Crippen LogP contribution in [0.15, 0.2) is 47.4 Å². The number of amides is 1. The number of nitrogens with zero attached hydrogens (tertiary/aromatic N) is 2. The fourth-order valence-corrected chi connectivity index (χ4v) is 5.52. The van der Waals surface area contributed by atoms with E-state index < -0.39 is 28.0 Å². The van der Waals surface area contributed by atoms with Gasteiger partial charge in [0.25, 0.3) is 0 Å². The lowest BCUT2D eigenvalue weighted by Crippen LogP contribution is -2.50. The van der Waals surface area contributed by atoms with Crippen LogP contribution in [0.1, 0.15) is 20.8 Å². The Bertz CT molecular complexity index is 1090. The van der Waals surface area contributed by atoms with Gasteiger partial charge in [0.2, 0.25) is 15.9 Å². The second-order valence-electron chi connectivity index (χ2n) is 8.31. The van der Waals surface area contributed by atoms with E-state index in [1.54, 1.807) is 38.2 Å². The number of carbonyl (C=O) groups excluding carboxylic acids is 1. The topological polar surface area (TPSA) is 87.2 Å². The molecule has 32 heavy (non-hydrogen) atoms. The van der Waals surface area contributed by atoms with E-state index in [9.17, 15) is 22.7 Å². The van der Waals surface area contributed by atoms with Crippen LogP contribution in [-0.4, -0.2) is 67.5 Å². The van der Waals surface area contributed by atoms with Crippen molar-refractivity contribution in [3.8, 4) is 16.9 Å². The number of hydrogen-bond acceptors (Lipinski definition) is 5. The first-order valence-electron chi connectivity index (χ1n) is 10.5. The Kier molecular flexibility index (Phi) is 7.22. The molecule has 0 aliphatic carbocycles. The summed E-state index contributed by atoms with van der Waals surface area (Å²) in [7, 11) is -2.31. The van der Waals surface area contributed by atoms with Gasteiger partial charge < -0.3 is 14.7 Å². The largest absolute Gasteiger partial charge is 0.487 e. The maximum Gasteiger partial charge on any atom is 0.247 e. The van der Waals surface area contributed by atoms with E-state index in [2.05, 4.69) is 0 Å². The Labute approximate surface area is 188 Å². The molecule has 1 heterocycles. The number of halogens is 1. The molecule has 0 spiro atoms. The van der Waals surface area contributed by atoms with Crippen molar-refractivity contribution >= 4 is 15.9 Å². The first-order chi connectivity index (χ1) is 15.0. The van der Waals surface area contributed by atoms with Crippen LogP contribution in [0.3, 0.4) is 0 Å². The molecule has 3 atom stereocenters. The number of hydrogen-bond donors (Lipinski definition) is 1. The van der Waals surface area contributed by atoms with Crippen molar-refractivity contribution in [3.05, 3.63) is 48.3 Å². The normalized spacial score (nSPS) is 21.6. The van der Waals surface area contributed by atoms with Gasteiger partial charge in [-0.15, -0.1) is 0 Å². The summed E-state index contributed by atoms with van der Waals surface area (Å²) in [6.07, 6.45) is -0.491. The molecule has 0 aromatic heterocycles. The molecule has 7 nitrogen and oxygen atoms in total. The molecule has 0 bridgehead atoms. The predicted octanol–water partition coefficient (Wildman–Crippen LogP) is 2.74. The molecule has 1 aliphatic rings. The Balaban J connectivity index is 2.14. The molecule has 1 amide bonds. The zero-order chi connectivity index (χ0) is 23.6. The Morgan fingerprint density at radius 3 is 2.59 bits per heavy atom. The second kappa shape index (κ2) is 9.56. The van der Waals surface area contributed by atoms with Crippen molar-refractivity contribution in [2.75, 3.05) is 26.7 Å². The average molecular weight is 465 g/mol. The predicted molar refractivity (Wildman–Crippen MR) is 119 cm³/mol. The number of rotatable bonds is 5. The highest BCUT2D eigenvalue weighted by Crippen LogP contribution is 2.36. The van der Waals surface area contributed by atoms with Crippen molar-refractivity contribution in [1.82, 2.24) is 9.21 Å². The molecule has 9 heteroatoms. The third-order valence-electron chi connectivity index (χ3n) is 5.82. The van der Waals surface area contributed by atoms with Gasteiger partial charge in [0, 0.05) is 32.5 Å². The Morgan fingerprint density at radius 2 is 1.97 bits per heavy atom. The van der Waals surface area contributed by atoms with Gasteiger partial charge in [-0.25, -0.2) is 12.8 Å². The minimum Gasteiger partial charge on any atom is -0.487 e. The first-order valence-corrected chi connectivity index (χ1v) is 11.9. The molecule has 1 N–H and O–H groups in total. The van der Waals surface area contributed by atoms with E-state index in [0.29, 0.717) is 11.1 Å². The average Bonchev–Trinajstić information content (AvgIpc) is 2.75. The molecule has 0 saturated heterocycles. The summed E-state index contributed by atoms with van der Waals surface area (Å²) in [5, 5.41) is 9.69. The van der Waals surface area contributed by atoms with Crippen molar-refractivity contribution < 1.29 is 27.4 Å². The van der Waals surface area contributed by atoms with E-state index >= 15 is 0 Å². The second-order valence-corrected chi connectivity index (χ2v) is 10.2. The van der Waals surface area contributed by atoms with Gasteiger partial charge in [0.1, 0.15) is 22.6 Å². The van der Waals surface area contributed by atoms with Crippen molar-refractivity contribution in [2.45, 2.75) is 37.8 Å². The summed E-state index contributed by atoms with van der Waals surface area (Å²) in [4.78, 5) is 13.3. The SMILES string of the molecule is CC(=O)N(C)C[C@@H]1Oc2cc(-c3cccc(F)c3)ccc2S(=O)(=O)N([C@H](C)CO)C[C@@H]1C. The molecule has 0 unspecified atom stereocenters. The zero-order valence-corrected chi connectivity index (χ0v) is 19.5. The van der Waals surface area contributed by atoms with Crippen molar-refractivity contribution in [3.63, 3.8) is 0 Å². The van der Waals surface area contributed by atoms with Crippen LogP contribution in [0, 0.1) is 11.7 Å². The number of aliphatic hydroxyl groups excluding tert-OH is 1. The van der Waals surface area contributed by atoms with Gasteiger partial charge in [-0.05, 0) is 42.3 Å². The number of aliphatic hydroxyl groups is 1. The smallest absolute Gasteiger partial charge is 0.247 e. The van der Waals surface area contributed by atoms with Crippen LogP contribution in [0.4, 0.5) is 4.39 Å². The maximum atomic E-state index is 13.8. The fourth-order valence-electron chi connectivity index (χ4n) is 3.69. The number of carbonyl (C=O) groups is 1. The van der Waals surface area contributed by atoms with Gasteiger partial charge in [0.05, 0.1) is 13.2 Å². The van der Waals surface area contributed by atoms with Gasteiger partial charge in [-0.2, -0.15) is 4.31 Å². The van der Waals surface area contributed by atoms with Gasteiger partial charge in [-0.3, -0.25) is 4.79 Å². The molecule has 174 valence electrons. The quantitative estimate of drug-likeness (QED) is 0.735. The fraction of sp³-hybridized carbons (Fsp3) is 0.435. The van der Waals surface area contributed by atoms with Gasteiger partial charge >= 0.3 is 0 Å². The van der Waals surface area contributed by atoms with Gasteiger partial charge in [-0.1, -0.05) is 25.1 Å². The molecule has 0 saturated carbocycles. The van der Waals surface area contributed by atoms with E-state index in [1.165, 1.54) is 34.3 Å². The minimum atomic E-state index is -3.97. The molecule has 0 radical (unpaired) electrons. The highest BCUT2D eigenvalue weighted by Gasteiger charge is 2.38. The molecular formula is C23H29FN2O5S. The summed E-state index contributed by atoms with van der Waals surface area (Å²) in [5.41, 5.74) is 1.19. The lowest BCUT2D eigenvalue weighted by atomic mass is 10.0. The van der Waals surface area contributed by atoms with E-state index in [4.69, 9.17) is 4.74 Å². The number of fused-ring (bicyclic) bond motifs is 1. The lowest BCUT2D eigenvalue weighted by Gasteiger charge is -2.37. The molecule has 0 fully saturated rings. The summed E-state index contributed by atoms with van der Waals surface area (Å²) >= 11 is 0.